The third-order valence-corrected chi connectivity index (χ3v) is 4.23. The van der Waals surface area contributed by atoms with Crippen molar-refractivity contribution in [3.63, 3.8) is 0 Å². The second kappa shape index (κ2) is 7.04. The van der Waals surface area contributed by atoms with Crippen LogP contribution in [0.15, 0.2) is 0 Å². The average molecular weight is 283 g/mol. The van der Waals surface area contributed by atoms with Gasteiger partial charge in [0.25, 0.3) is 0 Å². The number of likely N-dealkylation sites (N-methyl/N-ethyl adjacent to an activating group) is 1. The minimum atomic E-state index is -0.654. The van der Waals surface area contributed by atoms with Crippen molar-refractivity contribution in [3.05, 3.63) is 0 Å². The van der Waals surface area contributed by atoms with E-state index in [0.29, 0.717) is 18.1 Å². The maximum Gasteiger partial charge on any atom is 0.413 e. The summed E-state index contributed by atoms with van der Waals surface area (Å²) in [6, 6.07) is 1.63. The first-order valence-electron chi connectivity index (χ1n) is 7.59. The summed E-state index contributed by atoms with van der Waals surface area (Å²) in [6.45, 7) is 5.13. The fourth-order valence-corrected chi connectivity index (χ4v) is 3.33. The molecule has 2 rings (SSSR count). The molecule has 6 nitrogen and oxygen atoms in total. The summed E-state index contributed by atoms with van der Waals surface area (Å²) in [5, 5.41) is 5.87. The van der Waals surface area contributed by atoms with Crippen molar-refractivity contribution in [2.24, 2.45) is 0 Å². The minimum Gasteiger partial charge on any atom is -0.450 e. The zero-order chi connectivity index (χ0) is 14.5. The van der Waals surface area contributed by atoms with Crippen molar-refractivity contribution in [1.82, 2.24) is 15.5 Å². The third-order valence-electron chi connectivity index (χ3n) is 4.23. The van der Waals surface area contributed by atoms with Gasteiger partial charge in [-0.25, -0.2) is 4.79 Å². The fraction of sp³-hybridized carbons (Fsp3) is 0.857. The van der Waals surface area contributed by atoms with Crippen LogP contribution in [0.2, 0.25) is 0 Å². The number of hydrogen-bond donors (Lipinski definition) is 2. The molecule has 2 unspecified atom stereocenters. The van der Waals surface area contributed by atoms with Gasteiger partial charge < -0.3 is 10.1 Å². The summed E-state index contributed by atoms with van der Waals surface area (Å²) < 4.78 is 4.72. The van der Waals surface area contributed by atoms with Crippen LogP contribution in [0.1, 0.15) is 39.5 Å². The first kappa shape index (κ1) is 15.3. The molecule has 0 aliphatic carbocycles. The predicted octanol–water partition coefficient (Wildman–Crippen LogP) is 0.864. The highest BCUT2D eigenvalue weighted by molar-refractivity contribution is 5.92. The summed E-state index contributed by atoms with van der Waals surface area (Å²) in [7, 11) is 0. The normalized spacial score (nSPS) is 28.4. The van der Waals surface area contributed by atoms with Gasteiger partial charge in [0, 0.05) is 18.1 Å². The Morgan fingerprint density at radius 3 is 2.45 bits per heavy atom. The molecule has 2 fully saturated rings. The van der Waals surface area contributed by atoms with Crippen LogP contribution in [0.5, 0.6) is 0 Å². The molecule has 0 aromatic heterocycles. The highest BCUT2D eigenvalue weighted by atomic mass is 16.5. The first-order valence-corrected chi connectivity index (χ1v) is 7.59. The number of fused-ring (bicyclic) bond motifs is 2. The molecule has 2 amide bonds. The van der Waals surface area contributed by atoms with Gasteiger partial charge in [-0.3, -0.25) is 15.0 Å². The number of ether oxygens (including phenoxy) is 1. The fourth-order valence-electron chi connectivity index (χ4n) is 3.33. The number of carbonyl (C=O) groups is 2. The molecule has 114 valence electrons. The minimum absolute atomic E-state index is 0.263. The van der Waals surface area contributed by atoms with Crippen molar-refractivity contribution in [2.45, 2.75) is 57.7 Å². The Morgan fingerprint density at radius 1 is 1.25 bits per heavy atom. The van der Waals surface area contributed by atoms with Crippen LogP contribution >= 0.6 is 0 Å². The molecule has 20 heavy (non-hydrogen) atoms. The van der Waals surface area contributed by atoms with Crippen LogP contribution < -0.4 is 10.6 Å². The second-order valence-corrected chi connectivity index (χ2v) is 5.59. The highest BCUT2D eigenvalue weighted by Crippen LogP contribution is 2.29. The van der Waals surface area contributed by atoms with Gasteiger partial charge in [-0.15, -0.1) is 0 Å². The Hall–Kier alpha value is -1.14. The van der Waals surface area contributed by atoms with E-state index in [1.807, 2.05) is 0 Å². The molecule has 2 saturated heterocycles. The van der Waals surface area contributed by atoms with Crippen LogP contribution in [-0.2, 0) is 9.53 Å². The second-order valence-electron chi connectivity index (χ2n) is 5.59. The molecule has 0 spiro atoms. The summed E-state index contributed by atoms with van der Waals surface area (Å²) in [5.41, 5.74) is 0. The molecule has 2 bridgehead atoms. The molecule has 2 aliphatic heterocycles. The molecular formula is C14H25N3O3. The third kappa shape index (κ3) is 3.93. The Bertz CT molecular complexity index is 350. The van der Waals surface area contributed by atoms with E-state index in [0.717, 1.165) is 19.4 Å². The Balaban J connectivity index is 1.82. The predicted molar refractivity (Wildman–Crippen MR) is 75.4 cm³/mol. The zero-order valence-electron chi connectivity index (χ0n) is 12.4. The summed E-state index contributed by atoms with van der Waals surface area (Å²) in [6.07, 6.45) is 4.02. The van der Waals surface area contributed by atoms with Crippen molar-refractivity contribution in [2.75, 3.05) is 19.7 Å². The van der Waals surface area contributed by atoms with Crippen molar-refractivity contribution < 1.29 is 14.3 Å². The lowest BCUT2D eigenvalue weighted by Gasteiger charge is -2.36. The lowest BCUT2D eigenvalue weighted by molar-refractivity contribution is -0.122. The Morgan fingerprint density at radius 2 is 1.90 bits per heavy atom. The van der Waals surface area contributed by atoms with E-state index in [4.69, 9.17) is 4.74 Å². The number of alkyl carbamates (subject to hydrolysis) is 1. The number of hydrogen-bond acceptors (Lipinski definition) is 5. The molecular weight excluding hydrogens is 258 g/mol. The maximum absolute atomic E-state index is 11.8. The number of carbonyl (C=O) groups excluding carboxylic acids is 2. The largest absolute Gasteiger partial charge is 0.450 e. The van der Waals surface area contributed by atoms with Gasteiger partial charge in [0.15, 0.2) is 0 Å². The number of nitrogens with zero attached hydrogens (tertiary/aromatic N) is 1. The molecule has 2 N–H and O–H groups in total. The van der Waals surface area contributed by atoms with Gasteiger partial charge in [0.2, 0.25) is 5.91 Å². The number of piperidine rings is 1. The van der Waals surface area contributed by atoms with Crippen LogP contribution in [0, 0.1) is 0 Å². The van der Waals surface area contributed by atoms with Gasteiger partial charge >= 0.3 is 6.09 Å². The number of imide groups is 1. The molecule has 2 heterocycles. The quantitative estimate of drug-likeness (QED) is 0.783. The Kier molecular flexibility index (Phi) is 5.37. The van der Waals surface area contributed by atoms with Gasteiger partial charge in [-0.1, -0.05) is 6.92 Å². The van der Waals surface area contributed by atoms with Crippen molar-refractivity contribution in [1.29, 1.82) is 0 Å². The summed E-state index contributed by atoms with van der Waals surface area (Å²) in [4.78, 5) is 25.2. The highest BCUT2D eigenvalue weighted by Gasteiger charge is 2.36. The molecule has 0 aromatic rings. The molecule has 0 radical (unpaired) electrons. The van der Waals surface area contributed by atoms with E-state index < -0.39 is 6.09 Å². The van der Waals surface area contributed by atoms with Crippen LogP contribution in [0.3, 0.4) is 0 Å². The lowest BCUT2D eigenvalue weighted by atomic mass is 9.98. The van der Waals surface area contributed by atoms with E-state index in [1.54, 1.807) is 6.92 Å². The smallest absolute Gasteiger partial charge is 0.413 e. The van der Waals surface area contributed by atoms with E-state index >= 15 is 0 Å². The van der Waals surface area contributed by atoms with E-state index in [2.05, 4.69) is 22.5 Å². The molecule has 2 atom stereocenters. The van der Waals surface area contributed by atoms with Crippen LogP contribution in [0.25, 0.3) is 0 Å². The van der Waals surface area contributed by atoms with Gasteiger partial charge in [-0.2, -0.15) is 0 Å². The van der Waals surface area contributed by atoms with Crippen LogP contribution in [-0.4, -0.2) is 54.7 Å². The standard InChI is InChI=1S/C14H25N3O3/c1-3-17(9-13(18)16-14(19)20-4-2)12-7-10-5-6-11(8-12)15-10/h10-12,15H,3-9H2,1-2H3,(H,16,18,19). The topological polar surface area (TPSA) is 70.7 Å². The van der Waals surface area contributed by atoms with Crippen molar-refractivity contribution in [3.8, 4) is 0 Å². The van der Waals surface area contributed by atoms with Gasteiger partial charge in [0.05, 0.1) is 13.2 Å². The van der Waals surface area contributed by atoms with E-state index in [9.17, 15) is 9.59 Å². The van der Waals surface area contributed by atoms with E-state index in [1.165, 1.54) is 12.8 Å². The lowest BCUT2D eigenvalue weighted by Crippen LogP contribution is -2.51. The number of rotatable bonds is 5. The van der Waals surface area contributed by atoms with Gasteiger partial charge in [-0.05, 0) is 39.2 Å². The summed E-state index contributed by atoms with van der Waals surface area (Å²) in [5.74, 6) is -0.281. The number of amides is 2. The van der Waals surface area contributed by atoms with Crippen molar-refractivity contribution >= 4 is 12.0 Å². The van der Waals surface area contributed by atoms with E-state index in [-0.39, 0.29) is 19.1 Å². The zero-order valence-corrected chi connectivity index (χ0v) is 12.4. The van der Waals surface area contributed by atoms with Gasteiger partial charge in [0.1, 0.15) is 0 Å². The Labute approximate surface area is 120 Å². The average Bonchev–Trinajstić information content (AvgIpc) is 2.75. The molecule has 0 aromatic carbocycles. The molecule has 2 aliphatic rings. The number of nitrogens with one attached hydrogen (secondary N) is 2. The monoisotopic (exact) mass is 283 g/mol. The van der Waals surface area contributed by atoms with Crippen LogP contribution in [0.4, 0.5) is 4.79 Å². The maximum atomic E-state index is 11.8. The molecule has 6 heteroatoms. The summed E-state index contributed by atoms with van der Waals surface area (Å²) >= 11 is 0. The molecule has 0 saturated carbocycles. The SMILES string of the molecule is CCOC(=O)NC(=O)CN(CC)C1CC2CCC(C1)N2. The first-order chi connectivity index (χ1) is 9.62.